The summed E-state index contributed by atoms with van der Waals surface area (Å²) in [7, 11) is 0. The fraction of sp³-hybridized carbons (Fsp3) is 0.889. The predicted octanol–water partition coefficient (Wildman–Crippen LogP) is -0.0545. The minimum absolute atomic E-state index is 0.0233. The van der Waals surface area contributed by atoms with E-state index < -0.39 is 0 Å². The quantitative estimate of drug-likeness (QED) is 0.482. The summed E-state index contributed by atoms with van der Waals surface area (Å²) in [5.74, 6) is -0.190. The zero-order valence-electron chi connectivity index (χ0n) is 8.24. The average molecular weight is 199 g/mol. The molecular weight excluding hydrogens is 182 g/mol. The van der Waals surface area contributed by atoms with E-state index in [0.29, 0.717) is 13.2 Å². The molecule has 1 aliphatic carbocycles. The third kappa shape index (κ3) is 1.99. The summed E-state index contributed by atoms with van der Waals surface area (Å²) in [6.45, 7) is 1.11. The molecule has 0 radical (unpaired) electrons. The molecular formula is C9H17N3O2. The Morgan fingerprint density at radius 1 is 1.36 bits per heavy atom. The molecule has 2 fully saturated rings. The summed E-state index contributed by atoms with van der Waals surface area (Å²) in [6.07, 6.45) is 4.41. The monoisotopic (exact) mass is 199 g/mol. The minimum Gasteiger partial charge on any atom is -0.370 e. The number of hydrogen-bond donors (Lipinski definition) is 2. The lowest BCUT2D eigenvalue weighted by molar-refractivity contribution is -0.160. The maximum Gasteiger partial charge on any atom is 0.186 e. The Kier molecular flexibility index (Phi) is 2.60. The Hall–Kier alpha value is -0.810. The van der Waals surface area contributed by atoms with Crippen molar-refractivity contribution in [2.24, 2.45) is 16.5 Å². The van der Waals surface area contributed by atoms with Crippen molar-refractivity contribution in [3.8, 4) is 0 Å². The Balaban J connectivity index is 1.85. The first-order valence-corrected chi connectivity index (χ1v) is 5.07. The van der Waals surface area contributed by atoms with Gasteiger partial charge in [-0.15, -0.1) is 0 Å². The molecule has 0 aromatic heterocycles. The second-order valence-corrected chi connectivity index (χ2v) is 3.93. The predicted molar refractivity (Wildman–Crippen MR) is 52.7 cm³/mol. The van der Waals surface area contributed by atoms with Gasteiger partial charge in [-0.3, -0.25) is 4.99 Å². The van der Waals surface area contributed by atoms with Gasteiger partial charge in [0.15, 0.2) is 11.7 Å². The van der Waals surface area contributed by atoms with Gasteiger partial charge in [-0.05, 0) is 12.8 Å². The fourth-order valence-corrected chi connectivity index (χ4v) is 2.09. The molecule has 1 atom stereocenters. The van der Waals surface area contributed by atoms with Crippen molar-refractivity contribution in [1.82, 2.24) is 0 Å². The van der Waals surface area contributed by atoms with E-state index in [9.17, 15) is 0 Å². The topological polar surface area (TPSA) is 82.9 Å². The van der Waals surface area contributed by atoms with E-state index >= 15 is 0 Å². The molecule has 1 saturated carbocycles. The van der Waals surface area contributed by atoms with E-state index in [1.54, 1.807) is 0 Å². The van der Waals surface area contributed by atoms with Gasteiger partial charge in [0, 0.05) is 12.8 Å². The highest BCUT2D eigenvalue weighted by molar-refractivity contribution is 5.75. The number of rotatable bonds is 2. The molecule has 1 spiro atoms. The van der Waals surface area contributed by atoms with Gasteiger partial charge in [-0.25, -0.2) is 0 Å². The van der Waals surface area contributed by atoms with Crippen LogP contribution in [0.5, 0.6) is 0 Å². The first kappa shape index (κ1) is 9.73. The van der Waals surface area contributed by atoms with Crippen LogP contribution < -0.4 is 11.5 Å². The highest BCUT2D eigenvalue weighted by Gasteiger charge is 2.43. The molecule has 5 nitrogen and oxygen atoms in total. The molecule has 1 aliphatic heterocycles. The first-order chi connectivity index (χ1) is 6.70. The highest BCUT2D eigenvalue weighted by Crippen LogP contribution is 2.39. The zero-order chi connectivity index (χ0) is 10.0. The van der Waals surface area contributed by atoms with Crippen LogP contribution in [0, 0.1) is 0 Å². The van der Waals surface area contributed by atoms with Gasteiger partial charge in [-0.2, -0.15) is 0 Å². The highest BCUT2D eigenvalue weighted by atomic mass is 16.7. The van der Waals surface area contributed by atoms with Gasteiger partial charge in [0.1, 0.15) is 6.10 Å². The molecule has 0 bridgehead atoms. The van der Waals surface area contributed by atoms with Crippen molar-refractivity contribution in [1.29, 1.82) is 0 Å². The van der Waals surface area contributed by atoms with Gasteiger partial charge >= 0.3 is 0 Å². The minimum atomic E-state index is -0.302. The molecule has 5 heteroatoms. The molecule has 1 saturated heterocycles. The van der Waals surface area contributed by atoms with Crippen molar-refractivity contribution in [2.45, 2.75) is 37.6 Å². The molecule has 2 aliphatic rings. The molecule has 0 aromatic carbocycles. The molecule has 0 aromatic rings. The Labute approximate surface area is 83.4 Å². The van der Waals surface area contributed by atoms with Crippen LogP contribution in [-0.4, -0.2) is 31.0 Å². The van der Waals surface area contributed by atoms with Crippen molar-refractivity contribution in [3.05, 3.63) is 0 Å². The van der Waals surface area contributed by atoms with Crippen molar-refractivity contribution < 1.29 is 9.47 Å². The summed E-state index contributed by atoms with van der Waals surface area (Å²) < 4.78 is 11.5. The summed E-state index contributed by atoms with van der Waals surface area (Å²) in [5, 5.41) is 0. The third-order valence-corrected chi connectivity index (χ3v) is 2.76. The van der Waals surface area contributed by atoms with Crippen LogP contribution in [0.1, 0.15) is 25.7 Å². The van der Waals surface area contributed by atoms with Crippen molar-refractivity contribution in [3.63, 3.8) is 0 Å². The Morgan fingerprint density at radius 3 is 2.71 bits per heavy atom. The van der Waals surface area contributed by atoms with E-state index in [2.05, 4.69) is 4.99 Å². The Bertz CT molecular complexity index is 232. The Morgan fingerprint density at radius 2 is 2.07 bits per heavy atom. The molecule has 2 rings (SSSR count). The lowest BCUT2D eigenvalue weighted by atomic mass is 10.2. The molecule has 1 heterocycles. The van der Waals surface area contributed by atoms with Gasteiger partial charge in [0.05, 0.1) is 13.2 Å². The second-order valence-electron chi connectivity index (χ2n) is 3.93. The molecule has 4 N–H and O–H groups in total. The van der Waals surface area contributed by atoms with Crippen LogP contribution in [0.4, 0.5) is 0 Å². The van der Waals surface area contributed by atoms with E-state index in [4.69, 9.17) is 20.9 Å². The largest absolute Gasteiger partial charge is 0.370 e. The summed E-state index contributed by atoms with van der Waals surface area (Å²) >= 11 is 0. The lowest BCUT2D eigenvalue weighted by Crippen LogP contribution is -2.28. The van der Waals surface area contributed by atoms with Gasteiger partial charge in [0.2, 0.25) is 0 Å². The van der Waals surface area contributed by atoms with Crippen molar-refractivity contribution >= 4 is 5.96 Å². The summed E-state index contributed by atoms with van der Waals surface area (Å²) in [6, 6.07) is 0. The fourth-order valence-electron chi connectivity index (χ4n) is 2.09. The number of nitrogens with zero attached hydrogens (tertiary/aromatic N) is 1. The number of guanidine groups is 1. The molecule has 14 heavy (non-hydrogen) atoms. The zero-order valence-corrected chi connectivity index (χ0v) is 8.24. The molecule has 0 unspecified atom stereocenters. The lowest BCUT2D eigenvalue weighted by Gasteiger charge is -2.21. The summed E-state index contributed by atoms with van der Waals surface area (Å²) in [4.78, 5) is 3.93. The van der Waals surface area contributed by atoms with Gasteiger partial charge < -0.3 is 20.9 Å². The van der Waals surface area contributed by atoms with E-state index in [1.807, 2.05) is 0 Å². The van der Waals surface area contributed by atoms with Gasteiger partial charge in [-0.1, -0.05) is 0 Å². The number of nitrogens with two attached hydrogens (primary N) is 2. The smallest absolute Gasteiger partial charge is 0.186 e. The molecule has 0 amide bonds. The van der Waals surface area contributed by atoms with Crippen LogP contribution >= 0.6 is 0 Å². The van der Waals surface area contributed by atoms with Crippen LogP contribution in [0.15, 0.2) is 4.99 Å². The summed E-state index contributed by atoms with van der Waals surface area (Å²) in [5.41, 5.74) is 10.5. The molecule has 80 valence electrons. The average Bonchev–Trinajstić information content (AvgIpc) is 2.74. The van der Waals surface area contributed by atoms with Gasteiger partial charge in [0.25, 0.3) is 0 Å². The van der Waals surface area contributed by atoms with E-state index in [1.165, 1.54) is 12.8 Å². The van der Waals surface area contributed by atoms with Crippen LogP contribution in [0.2, 0.25) is 0 Å². The normalized spacial score (nSPS) is 29.6. The number of aliphatic imine (C=N–C) groups is 1. The van der Waals surface area contributed by atoms with Crippen molar-refractivity contribution in [2.75, 3.05) is 13.2 Å². The SMILES string of the molecule is NC(N)=NC[C@@H]1COC2(CCCC2)O1. The van der Waals surface area contributed by atoms with E-state index in [-0.39, 0.29) is 17.9 Å². The number of ether oxygens (including phenoxy) is 2. The standard InChI is InChI=1S/C9H17N3O2/c10-8(11)12-5-7-6-13-9(14-7)3-1-2-4-9/h7H,1-6H2,(H4,10,11,12)/t7-/m1/s1. The van der Waals surface area contributed by atoms with Crippen LogP contribution in [0.3, 0.4) is 0 Å². The van der Waals surface area contributed by atoms with E-state index in [0.717, 1.165) is 12.8 Å². The maximum atomic E-state index is 5.82. The number of hydrogen-bond acceptors (Lipinski definition) is 3. The van der Waals surface area contributed by atoms with Crippen LogP contribution in [-0.2, 0) is 9.47 Å². The van der Waals surface area contributed by atoms with Crippen LogP contribution in [0.25, 0.3) is 0 Å². The maximum absolute atomic E-state index is 5.82. The first-order valence-electron chi connectivity index (χ1n) is 5.07. The second kappa shape index (κ2) is 3.74. The third-order valence-electron chi connectivity index (χ3n) is 2.76.